The van der Waals surface area contributed by atoms with Crippen LogP contribution in [-0.2, 0) is 0 Å². The topological polar surface area (TPSA) is 24.1 Å². The molecule has 2 nitrogen and oxygen atoms in total. The Bertz CT molecular complexity index is 332. The van der Waals surface area contributed by atoms with E-state index in [0.29, 0.717) is 6.04 Å². The molecule has 1 heterocycles. The lowest BCUT2D eigenvalue weighted by molar-refractivity contribution is 0.151. The summed E-state index contributed by atoms with van der Waals surface area (Å²) in [5.74, 6) is 0. The standard InChI is InChI=1S/C13H18F2N2/c14-13(15)10-4-6-11(7-5-10)17-9-12-3-1-2-8-16-12/h4-7,12-13,16-17H,1-3,8-9H2. The molecule has 0 radical (unpaired) electrons. The van der Waals surface area contributed by atoms with Crippen LogP contribution in [-0.4, -0.2) is 19.1 Å². The molecule has 1 saturated heterocycles. The van der Waals surface area contributed by atoms with Crippen molar-refractivity contribution in [2.45, 2.75) is 31.7 Å². The van der Waals surface area contributed by atoms with E-state index >= 15 is 0 Å². The second-order valence-electron chi connectivity index (χ2n) is 4.45. The molecule has 94 valence electrons. The van der Waals surface area contributed by atoms with Gasteiger partial charge in [0.2, 0.25) is 0 Å². The van der Waals surface area contributed by atoms with Crippen LogP contribution in [0.5, 0.6) is 0 Å². The molecule has 0 aromatic heterocycles. The fourth-order valence-electron chi connectivity index (χ4n) is 2.09. The van der Waals surface area contributed by atoms with Gasteiger partial charge in [-0.15, -0.1) is 0 Å². The summed E-state index contributed by atoms with van der Waals surface area (Å²) in [5, 5.41) is 6.71. The van der Waals surface area contributed by atoms with Gasteiger partial charge in [-0.1, -0.05) is 18.6 Å². The predicted octanol–water partition coefficient (Wildman–Crippen LogP) is 3.18. The molecule has 0 amide bonds. The number of benzene rings is 1. The van der Waals surface area contributed by atoms with E-state index in [9.17, 15) is 8.78 Å². The molecule has 1 atom stereocenters. The molecule has 1 aliphatic rings. The zero-order valence-corrected chi connectivity index (χ0v) is 9.76. The summed E-state index contributed by atoms with van der Waals surface area (Å²) in [6.07, 6.45) is 1.31. The van der Waals surface area contributed by atoms with Gasteiger partial charge in [-0.2, -0.15) is 0 Å². The monoisotopic (exact) mass is 240 g/mol. The van der Waals surface area contributed by atoms with Crippen molar-refractivity contribution in [1.82, 2.24) is 5.32 Å². The van der Waals surface area contributed by atoms with Gasteiger partial charge in [-0.25, -0.2) is 8.78 Å². The zero-order chi connectivity index (χ0) is 12.1. The minimum atomic E-state index is -2.39. The molecule has 4 heteroatoms. The summed E-state index contributed by atoms with van der Waals surface area (Å²) < 4.78 is 24.7. The van der Waals surface area contributed by atoms with E-state index in [1.165, 1.54) is 31.4 Å². The van der Waals surface area contributed by atoms with Crippen LogP contribution in [0, 0.1) is 0 Å². The Morgan fingerprint density at radius 3 is 2.59 bits per heavy atom. The van der Waals surface area contributed by atoms with Crippen molar-refractivity contribution in [3.63, 3.8) is 0 Å². The van der Waals surface area contributed by atoms with Gasteiger partial charge in [-0.05, 0) is 31.5 Å². The summed E-state index contributed by atoms with van der Waals surface area (Å²) in [4.78, 5) is 0. The average molecular weight is 240 g/mol. The number of nitrogens with one attached hydrogen (secondary N) is 2. The maximum absolute atomic E-state index is 12.3. The first kappa shape index (κ1) is 12.3. The summed E-state index contributed by atoms with van der Waals surface area (Å²) in [6, 6.07) is 6.87. The van der Waals surface area contributed by atoms with Crippen molar-refractivity contribution >= 4 is 5.69 Å². The van der Waals surface area contributed by atoms with Crippen molar-refractivity contribution in [2.24, 2.45) is 0 Å². The summed E-state index contributed by atoms with van der Waals surface area (Å²) >= 11 is 0. The summed E-state index contributed by atoms with van der Waals surface area (Å²) in [5.41, 5.74) is 0.980. The fraction of sp³-hybridized carbons (Fsp3) is 0.538. The third kappa shape index (κ3) is 3.66. The lowest BCUT2D eigenvalue weighted by atomic mass is 10.1. The summed E-state index contributed by atoms with van der Waals surface area (Å²) in [6.45, 7) is 1.94. The second-order valence-corrected chi connectivity index (χ2v) is 4.45. The van der Waals surface area contributed by atoms with E-state index in [2.05, 4.69) is 10.6 Å². The van der Waals surface area contributed by atoms with E-state index < -0.39 is 6.43 Å². The maximum Gasteiger partial charge on any atom is 0.263 e. The van der Waals surface area contributed by atoms with Crippen LogP contribution in [0.1, 0.15) is 31.3 Å². The highest BCUT2D eigenvalue weighted by atomic mass is 19.3. The Morgan fingerprint density at radius 2 is 2.00 bits per heavy atom. The number of alkyl halides is 2. The molecule has 0 saturated carbocycles. The normalized spacial score (nSPS) is 20.5. The van der Waals surface area contributed by atoms with Gasteiger partial charge in [0.05, 0.1) is 0 Å². The SMILES string of the molecule is FC(F)c1ccc(NCC2CCCCN2)cc1. The number of hydrogen-bond acceptors (Lipinski definition) is 2. The molecule has 2 rings (SSSR count). The Balaban J connectivity index is 1.82. The molecule has 0 aliphatic carbocycles. The van der Waals surface area contributed by atoms with Crippen molar-refractivity contribution in [2.75, 3.05) is 18.4 Å². The number of rotatable bonds is 4. The number of anilines is 1. The first-order valence-corrected chi connectivity index (χ1v) is 6.11. The smallest absolute Gasteiger partial charge is 0.263 e. The minimum Gasteiger partial charge on any atom is -0.383 e. The molecule has 1 aromatic carbocycles. The Labute approximate surface area is 100 Å². The van der Waals surface area contributed by atoms with Crippen LogP contribution in [0.4, 0.5) is 14.5 Å². The highest BCUT2D eigenvalue weighted by Gasteiger charge is 2.12. The highest BCUT2D eigenvalue weighted by Crippen LogP contribution is 2.20. The first-order valence-electron chi connectivity index (χ1n) is 6.11. The quantitative estimate of drug-likeness (QED) is 0.844. The van der Waals surface area contributed by atoms with E-state index in [1.807, 2.05) is 0 Å². The molecule has 0 spiro atoms. The largest absolute Gasteiger partial charge is 0.383 e. The lowest BCUT2D eigenvalue weighted by Gasteiger charge is -2.24. The lowest BCUT2D eigenvalue weighted by Crippen LogP contribution is -2.39. The van der Waals surface area contributed by atoms with E-state index in [0.717, 1.165) is 18.8 Å². The molecule has 1 unspecified atom stereocenters. The molecular formula is C13H18F2N2. The van der Waals surface area contributed by atoms with E-state index in [1.54, 1.807) is 12.1 Å². The molecule has 17 heavy (non-hydrogen) atoms. The van der Waals surface area contributed by atoms with Gasteiger partial charge in [0.1, 0.15) is 0 Å². The molecule has 2 N–H and O–H groups in total. The predicted molar refractivity (Wildman–Crippen MR) is 65.5 cm³/mol. The molecule has 0 bridgehead atoms. The van der Waals surface area contributed by atoms with Crippen LogP contribution in [0.15, 0.2) is 24.3 Å². The molecule has 1 fully saturated rings. The average Bonchev–Trinajstić information content (AvgIpc) is 2.38. The van der Waals surface area contributed by atoms with Crippen molar-refractivity contribution in [1.29, 1.82) is 0 Å². The Kier molecular flexibility index (Phi) is 4.31. The van der Waals surface area contributed by atoms with Crippen LogP contribution in [0.2, 0.25) is 0 Å². The first-order chi connectivity index (χ1) is 8.25. The number of piperidine rings is 1. The van der Waals surface area contributed by atoms with Gasteiger partial charge in [0, 0.05) is 23.8 Å². The van der Waals surface area contributed by atoms with Crippen LogP contribution >= 0.6 is 0 Å². The van der Waals surface area contributed by atoms with Crippen LogP contribution in [0.3, 0.4) is 0 Å². The van der Waals surface area contributed by atoms with Crippen LogP contribution in [0.25, 0.3) is 0 Å². The Hall–Kier alpha value is -1.16. The fourth-order valence-corrected chi connectivity index (χ4v) is 2.09. The highest BCUT2D eigenvalue weighted by molar-refractivity contribution is 5.44. The number of halogens is 2. The minimum absolute atomic E-state index is 0.0753. The summed E-state index contributed by atoms with van der Waals surface area (Å²) in [7, 11) is 0. The Morgan fingerprint density at radius 1 is 1.24 bits per heavy atom. The van der Waals surface area contributed by atoms with E-state index in [-0.39, 0.29) is 5.56 Å². The maximum atomic E-state index is 12.3. The van der Waals surface area contributed by atoms with Crippen LogP contribution < -0.4 is 10.6 Å². The van der Waals surface area contributed by atoms with E-state index in [4.69, 9.17) is 0 Å². The van der Waals surface area contributed by atoms with Gasteiger partial charge in [0.15, 0.2) is 0 Å². The molecule has 1 aromatic rings. The van der Waals surface area contributed by atoms with Gasteiger partial charge >= 0.3 is 0 Å². The van der Waals surface area contributed by atoms with Gasteiger partial charge < -0.3 is 10.6 Å². The third-order valence-electron chi connectivity index (χ3n) is 3.13. The molecular weight excluding hydrogens is 222 g/mol. The third-order valence-corrected chi connectivity index (χ3v) is 3.13. The van der Waals surface area contributed by atoms with Crippen molar-refractivity contribution in [3.8, 4) is 0 Å². The van der Waals surface area contributed by atoms with Gasteiger partial charge in [-0.3, -0.25) is 0 Å². The van der Waals surface area contributed by atoms with Gasteiger partial charge in [0.25, 0.3) is 6.43 Å². The van der Waals surface area contributed by atoms with Crippen molar-refractivity contribution in [3.05, 3.63) is 29.8 Å². The second kappa shape index (κ2) is 5.96. The van der Waals surface area contributed by atoms with Crippen molar-refractivity contribution < 1.29 is 8.78 Å². The number of hydrogen-bond donors (Lipinski definition) is 2. The molecule has 1 aliphatic heterocycles. The zero-order valence-electron chi connectivity index (χ0n) is 9.76.